The van der Waals surface area contributed by atoms with E-state index < -0.39 is 0 Å². The van der Waals surface area contributed by atoms with Crippen LogP contribution in [0.1, 0.15) is 39.2 Å². The van der Waals surface area contributed by atoms with Crippen LogP contribution < -0.4 is 9.64 Å². The van der Waals surface area contributed by atoms with Crippen molar-refractivity contribution in [1.29, 1.82) is 0 Å². The minimum Gasteiger partial charge on any atom is -0.489 e. The van der Waals surface area contributed by atoms with E-state index in [1.165, 1.54) is 29.7 Å². The van der Waals surface area contributed by atoms with Gasteiger partial charge in [0.15, 0.2) is 0 Å². The van der Waals surface area contributed by atoms with E-state index in [1.807, 2.05) is 12.1 Å². The summed E-state index contributed by atoms with van der Waals surface area (Å²) in [6.07, 6.45) is 2.51. The molecule has 3 aromatic carbocycles. The van der Waals surface area contributed by atoms with Gasteiger partial charge in [-0.25, -0.2) is 0 Å². The van der Waals surface area contributed by atoms with Gasteiger partial charge in [-0.1, -0.05) is 63.2 Å². The molecule has 0 amide bonds. The van der Waals surface area contributed by atoms with Crippen molar-refractivity contribution in [3.63, 3.8) is 0 Å². The number of hydrogen-bond donors (Lipinski definition) is 0. The Labute approximate surface area is 197 Å². The van der Waals surface area contributed by atoms with Gasteiger partial charge in [0.25, 0.3) is 6.47 Å². The molecule has 0 aromatic heterocycles. The van der Waals surface area contributed by atoms with E-state index in [-0.39, 0.29) is 12.0 Å². The first kappa shape index (κ1) is 22.9. The SMILES string of the molecule is CC(C)(C)c1cc(-c2cc(-c3ccccc3)ccc2OCCOC=O)ccc1N1CCCC1. The lowest BCUT2D eigenvalue weighted by atomic mass is 9.83. The fraction of sp³-hybridized carbons (Fsp3) is 0.345. The van der Waals surface area contributed by atoms with Gasteiger partial charge < -0.3 is 14.4 Å². The van der Waals surface area contributed by atoms with E-state index in [4.69, 9.17) is 9.47 Å². The Bertz CT molecular complexity index is 1080. The summed E-state index contributed by atoms with van der Waals surface area (Å²) < 4.78 is 10.9. The van der Waals surface area contributed by atoms with Crippen molar-refractivity contribution in [2.75, 3.05) is 31.2 Å². The van der Waals surface area contributed by atoms with Crippen LogP contribution >= 0.6 is 0 Å². The standard InChI is InChI=1S/C29H33NO3/c1-29(2,3)26-20-24(11-13-27(26)30-15-7-8-16-30)25-19-23(22-9-5-4-6-10-22)12-14-28(25)33-18-17-32-21-31/h4-6,9-14,19-21H,7-8,15-18H2,1-3H3. The maximum atomic E-state index is 10.5. The molecule has 1 aliphatic rings. The molecule has 0 N–H and O–H groups in total. The van der Waals surface area contributed by atoms with Crippen LogP contribution in [0, 0.1) is 0 Å². The Morgan fingerprint density at radius 2 is 1.58 bits per heavy atom. The van der Waals surface area contributed by atoms with Crippen LogP contribution in [-0.2, 0) is 14.9 Å². The predicted octanol–water partition coefficient (Wildman–Crippen LogP) is 6.47. The lowest BCUT2D eigenvalue weighted by Crippen LogP contribution is -2.23. The molecule has 0 atom stereocenters. The topological polar surface area (TPSA) is 38.8 Å². The lowest BCUT2D eigenvalue weighted by Gasteiger charge is -2.29. The van der Waals surface area contributed by atoms with Gasteiger partial charge in [0, 0.05) is 24.3 Å². The van der Waals surface area contributed by atoms with Crippen molar-refractivity contribution < 1.29 is 14.3 Å². The van der Waals surface area contributed by atoms with Crippen LogP contribution in [0.3, 0.4) is 0 Å². The van der Waals surface area contributed by atoms with Crippen molar-refractivity contribution in [2.45, 2.75) is 39.0 Å². The van der Waals surface area contributed by atoms with Gasteiger partial charge in [0.05, 0.1) is 0 Å². The summed E-state index contributed by atoms with van der Waals surface area (Å²) in [6.45, 7) is 10.1. The molecular weight excluding hydrogens is 410 g/mol. The summed E-state index contributed by atoms with van der Waals surface area (Å²) >= 11 is 0. The van der Waals surface area contributed by atoms with Gasteiger partial charge in [-0.3, -0.25) is 4.79 Å². The number of ether oxygens (including phenoxy) is 2. The van der Waals surface area contributed by atoms with Gasteiger partial charge in [-0.05, 0) is 64.8 Å². The predicted molar refractivity (Wildman–Crippen MR) is 135 cm³/mol. The first-order valence-corrected chi connectivity index (χ1v) is 11.7. The van der Waals surface area contributed by atoms with Crippen LogP contribution in [0.25, 0.3) is 22.3 Å². The summed E-state index contributed by atoms with van der Waals surface area (Å²) in [7, 11) is 0. The molecular formula is C29H33NO3. The van der Waals surface area contributed by atoms with Gasteiger partial charge in [0.1, 0.15) is 19.0 Å². The Morgan fingerprint density at radius 3 is 2.27 bits per heavy atom. The van der Waals surface area contributed by atoms with Crippen LogP contribution in [-0.4, -0.2) is 32.8 Å². The zero-order chi connectivity index (χ0) is 23.3. The fourth-order valence-corrected chi connectivity index (χ4v) is 4.48. The summed E-state index contributed by atoms with van der Waals surface area (Å²) in [5, 5.41) is 0. The monoisotopic (exact) mass is 443 g/mol. The Morgan fingerprint density at radius 1 is 0.848 bits per heavy atom. The summed E-state index contributed by atoms with van der Waals surface area (Å²) in [4.78, 5) is 13.0. The van der Waals surface area contributed by atoms with E-state index in [1.54, 1.807) is 0 Å². The zero-order valence-electron chi connectivity index (χ0n) is 19.8. The average molecular weight is 444 g/mol. The first-order valence-electron chi connectivity index (χ1n) is 11.7. The first-order chi connectivity index (χ1) is 16.0. The van der Waals surface area contributed by atoms with Crippen molar-refractivity contribution in [2.24, 2.45) is 0 Å². The molecule has 172 valence electrons. The lowest BCUT2D eigenvalue weighted by molar-refractivity contribution is -0.129. The van der Waals surface area contributed by atoms with Crippen molar-refractivity contribution >= 4 is 12.2 Å². The fourth-order valence-electron chi connectivity index (χ4n) is 4.48. The summed E-state index contributed by atoms with van der Waals surface area (Å²) in [5.74, 6) is 0.790. The van der Waals surface area contributed by atoms with Gasteiger partial charge in [-0.2, -0.15) is 0 Å². The molecule has 0 radical (unpaired) electrons. The maximum Gasteiger partial charge on any atom is 0.293 e. The van der Waals surface area contributed by atoms with Crippen LogP contribution in [0.5, 0.6) is 5.75 Å². The summed E-state index contributed by atoms with van der Waals surface area (Å²) in [5.41, 5.74) is 7.19. The third-order valence-corrected chi connectivity index (χ3v) is 6.18. The highest BCUT2D eigenvalue weighted by molar-refractivity contribution is 5.79. The number of carbonyl (C=O) groups is 1. The number of benzene rings is 3. The molecule has 1 fully saturated rings. The normalized spacial score (nSPS) is 13.7. The molecule has 1 saturated heterocycles. The second-order valence-corrected chi connectivity index (χ2v) is 9.57. The molecule has 4 heteroatoms. The Kier molecular flexibility index (Phi) is 7.02. The second kappa shape index (κ2) is 10.1. The highest BCUT2D eigenvalue weighted by Gasteiger charge is 2.24. The zero-order valence-corrected chi connectivity index (χ0v) is 19.8. The maximum absolute atomic E-state index is 10.5. The quantitative estimate of drug-likeness (QED) is 0.295. The van der Waals surface area contributed by atoms with Crippen LogP contribution in [0.15, 0.2) is 66.7 Å². The number of carbonyl (C=O) groups excluding carboxylic acids is 1. The number of nitrogens with zero attached hydrogens (tertiary/aromatic N) is 1. The minimum absolute atomic E-state index is 0.0177. The van der Waals surface area contributed by atoms with Crippen molar-refractivity contribution in [1.82, 2.24) is 0 Å². The highest BCUT2D eigenvalue weighted by Crippen LogP contribution is 2.40. The second-order valence-electron chi connectivity index (χ2n) is 9.57. The van der Waals surface area contributed by atoms with E-state index in [0.717, 1.165) is 35.5 Å². The smallest absolute Gasteiger partial charge is 0.293 e. The number of rotatable bonds is 8. The molecule has 33 heavy (non-hydrogen) atoms. The molecule has 3 aromatic rings. The van der Waals surface area contributed by atoms with E-state index >= 15 is 0 Å². The number of anilines is 1. The number of hydrogen-bond acceptors (Lipinski definition) is 4. The largest absolute Gasteiger partial charge is 0.489 e. The van der Waals surface area contributed by atoms with Gasteiger partial charge >= 0.3 is 0 Å². The molecule has 0 spiro atoms. The Balaban J connectivity index is 1.78. The summed E-state index contributed by atoms with van der Waals surface area (Å²) in [6, 6.07) is 23.5. The third-order valence-electron chi connectivity index (χ3n) is 6.18. The molecule has 0 unspecified atom stereocenters. The van der Waals surface area contributed by atoms with E-state index in [2.05, 4.69) is 80.3 Å². The van der Waals surface area contributed by atoms with Crippen LogP contribution in [0.2, 0.25) is 0 Å². The van der Waals surface area contributed by atoms with Crippen molar-refractivity contribution in [3.05, 3.63) is 72.3 Å². The van der Waals surface area contributed by atoms with E-state index in [0.29, 0.717) is 13.1 Å². The van der Waals surface area contributed by atoms with E-state index in [9.17, 15) is 4.79 Å². The minimum atomic E-state index is 0.0177. The molecule has 0 saturated carbocycles. The van der Waals surface area contributed by atoms with Gasteiger partial charge in [0.2, 0.25) is 0 Å². The molecule has 1 aliphatic heterocycles. The molecule has 1 heterocycles. The van der Waals surface area contributed by atoms with Crippen LogP contribution in [0.4, 0.5) is 5.69 Å². The molecule has 4 nitrogen and oxygen atoms in total. The van der Waals surface area contributed by atoms with Gasteiger partial charge in [-0.15, -0.1) is 0 Å². The highest BCUT2D eigenvalue weighted by atomic mass is 16.5. The molecule has 0 bridgehead atoms. The van der Waals surface area contributed by atoms with Crippen molar-refractivity contribution in [3.8, 4) is 28.0 Å². The molecule has 0 aliphatic carbocycles. The Hall–Kier alpha value is -3.27. The average Bonchev–Trinajstić information content (AvgIpc) is 3.36. The third kappa shape index (κ3) is 5.39. The molecule has 4 rings (SSSR count).